The van der Waals surface area contributed by atoms with E-state index < -0.39 is 0 Å². The van der Waals surface area contributed by atoms with Gasteiger partial charge in [-0.15, -0.1) is 0 Å². The highest BCUT2D eigenvalue weighted by molar-refractivity contribution is 5.83. The van der Waals surface area contributed by atoms with Gasteiger partial charge in [0.25, 0.3) is 0 Å². The second kappa shape index (κ2) is 7.22. The van der Waals surface area contributed by atoms with Crippen LogP contribution in [-0.4, -0.2) is 32.6 Å². The van der Waals surface area contributed by atoms with E-state index in [1.165, 1.54) is 35.6 Å². The normalized spacial score (nSPS) is 27.6. The molecule has 0 spiro atoms. The van der Waals surface area contributed by atoms with Crippen LogP contribution in [0.1, 0.15) is 37.7 Å². The summed E-state index contributed by atoms with van der Waals surface area (Å²) in [6, 6.07) is 15.6. The summed E-state index contributed by atoms with van der Waals surface area (Å²) in [5.74, 6) is 0. The smallest absolute Gasteiger partial charge is 0.157 e. The Labute approximate surface area is 144 Å². The van der Waals surface area contributed by atoms with Crippen LogP contribution in [0.2, 0.25) is 0 Å². The molecule has 24 heavy (non-hydrogen) atoms. The van der Waals surface area contributed by atoms with Gasteiger partial charge in [0.2, 0.25) is 0 Å². The largest absolute Gasteiger partial charge is 0.353 e. The molecule has 128 valence electrons. The first-order valence-electron chi connectivity index (χ1n) is 9.29. The molecule has 2 saturated heterocycles. The highest BCUT2D eigenvalue weighted by atomic mass is 16.7. The Morgan fingerprint density at radius 1 is 1.12 bits per heavy atom. The van der Waals surface area contributed by atoms with Crippen molar-refractivity contribution in [2.45, 2.75) is 43.8 Å². The van der Waals surface area contributed by atoms with Crippen molar-refractivity contribution in [2.24, 2.45) is 0 Å². The first kappa shape index (κ1) is 16.1. The minimum atomic E-state index is 0.0155. The van der Waals surface area contributed by atoms with E-state index in [9.17, 15) is 0 Å². The van der Waals surface area contributed by atoms with Gasteiger partial charge in [0.05, 0.1) is 6.61 Å². The average Bonchev–Trinajstić information content (AvgIpc) is 3.12. The molecule has 0 aromatic heterocycles. The van der Waals surface area contributed by atoms with E-state index in [4.69, 9.17) is 9.47 Å². The molecular weight excluding hydrogens is 298 g/mol. The van der Waals surface area contributed by atoms with Crippen LogP contribution in [0.15, 0.2) is 42.5 Å². The molecule has 2 aliphatic rings. The average molecular weight is 325 g/mol. The minimum Gasteiger partial charge on any atom is -0.353 e. The van der Waals surface area contributed by atoms with Crippen LogP contribution in [0, 0.1) is 0 Å². The van der Waals surface area contributed by atoms with Crippen molar-refractivity contribution in [2.75, 3.05) is 26.3 Å². The number of hydrogen-bond donors (Lipinski definition) is 1. The molecule has 0 saturated carbocycles. The molecule has 2 fully saturated rings. The summed E-state index contributed by atoms with van der Waals surface area (Å²) < 4.78 is 11.7. The number of rotatable bonds is 5. The number of fused-ring (bicyclic) bond motifs is 1. The van der Waals surface area contributed by atoms with Crippen LogP contribution in [0.4, 0.5) is 0 Å². The lowest BCUT2D eigenvalue weighted by Gasteiger charge is -2.31. The molecule has 3 heteroatoms. The quantitative estimate of drug-likeness (QED) is 0.901. The predicted molar refractivity (Wildman–Crippen MR) is 97.3 cm³/mol. The Morgan fingerprint density at radius 2 is 2.04 bits per heavy atom. The van der Waals surface area contributed by atoms with Crippen molar-refractivity contribution in [1.82, 2.24) is 5.32 Å². The molecule has 4 rings (SSSR count). The third-order valence-corrected chi connectivity index (χ3v) is 5.63. The highest BCUT2D eigenvalue weighted by Gasteiger charge is 2.35. The second-order valence-electron chi connectivity index (χ2n) is 7.19. The molecule has 2 unspecified atom stereocenters. The zero-order valence-corrected chi connectivity index (χ0v) is 14.3. The van der Waals surface area contributed by atoms with Gasteiger partial charge in [-0.25, -0.2) is 0 Å². The fourth-order valence-electron chi connectivity index (χ4n) is 4.10. The topological polar surface area (TPSA) is 30.5 Å². The Balaban J connectivity index is 1.49. The summed E-state index contributed by atoms with van der Waals surface area (Å²) in [4.78, 5) is 0. The van der Waals surface area contributed by atoms with E-state index in [0.29, 0.717) is 0 Å². The van der Waals surface area contributed by atoms with Gasteiger partial charge in [0.15, 0.2) is 6.29 Å². The van der Waals surface area contributed by atoms with Gasteiger partial charge in [-0.05, 0) is 55.0 Å². The van der Waals surface area contributed by atoms with Gasteiger partial charge in [0, 0.05) is 18.6 Å². The van der Waals surface area contributed by atoms with Crippen LogP contribution in [0.5, 0.6) is 0 Å². The summed E-state index contributed by atoms with van der Waals surface area (Å²) in [6.07, 6.45) is 5.69. The lowest BCUT2D eigenvalue weighted by molar-refractivity contribution is -0.164. The Morgan fingerprint density at radius 3 is 2.83 bits per heavy atom. The van der Waals surface area contributed by atoms with E-state index in [-0.39, 0.29) is 11.7 Å². The number of ether oxygens (including phenoxy) is 2. The molecule has 2 atom stereocenters. The monoisotopic (exact) mass is 325 g/mol. The molecule has 2 aliphatic heterocycles. The fourth-order valence-corrected chi connectivity index (χ4v) is 4.10. The van der Waals surface area contributed by atoms with Gasteiger partial charge < -0.3 is 14.8 Å². The van der Waals surface area contributed by atoms with Gasteiger partial charge >= 0.3 is 0 Å². The van der Waals surface area contributed by atoms with Crippen LogP contribution in [0.3, 0.4) is 0 Å². The third-order valence-electron chi connectivity index (χ3n) is 5.63. The first-order chi connectivity index (χ1) is 11.9. The minimum absolute atomic E-state index is 0.0155. The number of benzene rings is 2. The van der Waals surface area contributed by atoms with Crippen LogP contribution in [-0.2, 0) is 14.9 Å². The maximum atomic E-state index is 6.03. The lowest BCUT2D eigenvalue weighted by Crippen LogP contribution is -2.32. The highest BCUT2D eigenvalue weighted by Crippen LogP contribution is 2.36. The number of nitrogens with one attached hydrogen (secondary N) is 1. The van der Waals surface area contributed by atoms with Crippen molar-refractivity contribution in [3.05, 3.63) is 48.0 Å². The van der Waals surface area contributed by atoms with Crippen LogP contribution < -0.4 is 5.32 Å². The summed E-state index contributed by atoms with van der Waals surface area (Å²) in [6.45, 7) is 3.76. The lowest BCUT2D eigenvalue weighted by atomic mass is 9.76. The first-order valence-corrected chi connectivity index (χ1v) is 9.29. The summed E-state index contributed by atoms with van der Waals surface area (Å²) in [5.41, 5.74) is 1.64. The van der Waals surface area contributed by atoms with E-state index >= 15 is 0 Å². The van der Waals surface area contributed by atoms with E-state index in [1.54, 1.807) is 0 Å². The third kappa shape index (κ3) is 3.34. The number of hydrogen-bond acceptors (Lipinski definition) is 3. The van der Waals surface area contributed by atoms with Crippen molar-refractivity contribution < 1.29 is 9.47 Å². The second-order valence-corrected chi connectivity index (χ2v) is 7.19. The molecule has 3 nitrogen and oxygen atoms in total. The Kier molecular flexibility index (Phi) is 4.83. The summed E-state index contributed by atoms with van der Waals surface area (Å²) >= 11 is 0. The molecule has 2 heterocycles. The fraction of sp³-hybridized carbons (Fsp3) is 0.524. The Bertz CT molecular complexity index is 672. The SMILES string of the molecule is c1ccc2cc(C3(CCOC4CCCCO4)CCNC3)ccc2c1. The van der Waals surface area contributed by atoms with Crippen molar-refractivity contribution in [3.8, 4) is 0 Å². The standard InChI is InChI=1S/C21H27NO2/c1-2-6-18-15-19(9-8-17(18)5-1)21(10-12-22-16-21)11-14-24-20-7-3-4-13-23-20/h1-2,5-6,8-9,15,20,22H,3-4,7,10-14,16H2. The van der Waals surface area contributed by atoms with Crippen LogP contribution >= 0.6 is 0 Å². The molecule has 0 bridgehead atoms. The Hall–Kier alpha value is -1.42. The van der Waals surface area contributed by atoms with Gasteiger partial charge in [-0.2, -0.15) is 0 Å². The molecule has 0 aliphatic carbocycles. The summed E-state index contributed by atoms with van der Waals surface area (Å²) in [7, 11) is 0. The zero-order chi connectivity index (χ0) is 16.2. The van der Waals surface area contributed by atoms with Crippen LogP contribution in [0.25, 0.3) is 10.8 Å². The molecule has 0 radical (unpaired) electrons. The molecule has 0 amide bonds. The van der Waals surface area contributed by atoms with E-state index in [1.807, 2.05) is 0 Å². The van der Waals surface area contributed by atoms with Crippen molar-refractivity contribution in [3.63, 3.8) is 0 Å². The van der Waals surface area contributed by atoms with E-state index in [2.05, 4.69) is 47.8 Å². The van der Waals surface area contributed by atoms with Gasteiger partial charge in [0.1, 0.15) is 0 Å². The van der Waals surface area contributed by atoms with Crippen molar-refractivity contribution >= 4 is 10.8 Å². The summed E-state index contributed by atoms with van der Waals surface area (Å²) in [5, 5.41) is 6.21. The van der Waals surface area contributed by atoms with Crippen molar-refractivity contribution in [1.29, 1.82) is 0 Å². The molecule has 1 N–H and O–H groups in total. The maximum absolute atomic E-state index is 6.03. The van der Waals surface area contributed by atoms with E-state index in [0.717, 1.165) is 39.1 Å². The molecule has 2 aromatic carbocycles. The molecule has 2 aromatic rings. The zero-order valence-electron chi connectivity index (χ0n) is 14.3. The van der Waals surface area contributed by atoms with Gasteiger partial charge in [-0.1, -0.05) is 42.5 Å². The van der Waals surface area contributed by atoms with Gasteiger partial charge in [-0.3, -0.25) is 0 Å². The maximum Gasteiger partial charge on any atom is 0.157 e. The molecular formula is C21H27NO2. The predicted octanol–water partition coefficient (Wildman–Crippen LogP) is 4.00.